The quantitative estimate of drug-likeness (QED) is 0.399. The molecule has 0 aliphatic rings. The van der Waals surface area contributed by atoms with E-state index >= 15 is 0 Å². The lowest BCUT2D eigenvalue weighted by molar-refractivity contribution is 0.0600. The highest BCUT2D eigenvalue weighted by molar-refractivity contribution is 6.10. The molecule has 0 spiro atoms. The fourth-order valence-electron chi connectivity index (χ4n) is 2.47. The molecule has 0 aliphatic heterocycles. The van der Waals surface area contributed by atoms with Crippen molar-refractivity contribution < 1.29 is 14.3 Å². The van der Waals surface area contributed by atoms with E-state index in [0.29, 0.717) is 16.9 Å². The van der Waals surface area contributed by atoms with Crippen LogP contribution in [0, 0.1) is 0 Å². The van der Waals surface area contributed by atoms with E-state index in [1.165, 1.54) is 13.2 Å². The zero-order chi connectivity index (χ0) is 19.1. The van der Waals surface area contributed by atoms with Crippen molar-refractivity contribution >= 4 is 29.3 Å². The van der Waals surface area contributed by atoms with Gasteiger partial charge in [0.05, 0.1) is 18.2 Å². The minimum atomic E-state index is -0.395. The Morgan fingerprint density at radius 3 is 2.41 bits per heavy atom. The summed E-state index contributed by atoms with van der Waals surface area (Å²) >= 11 is 0. The number of aromatic nitrogens is 1. The Kier molecular flexibility index (Phi) is 5.74. The molecule has 0 unspecified atom stereocenters. The van der Waals surface area contributed by atoms with E-state index in [-0.39, 0.29) is 5.78 Å². The highest BCUT2D eigenvalue weighted by Gasteiger charge is 2.10. The maximum absolute atomic E-state index is 12.6. The molecule has 27 heavy (non-hydrogen) atoms. The van der Waals surface area contributed by atoms with E-state index in [4.69, 9.17) is 0 Å². The number of allylic oxidation sites excluding steroid dienone is 1. The van der Waals surface area contributed by atoms with Crippen molar-refractivity contribution in [2.24, 2.45) is 0 Å². The normalized spacial score (nSPS) is 10.6. The lowest BCUT2D eigenvalue weighted by Crippen LogP contribution is -2.03. The number of nitrogens with zero attached hydrogens (tertiary/aromatic N) is 1. The third-order valence-electron chi connectivity index (χ3n) is 3.87. The number of nitrogens with one attached hydrogen (secondary N) is 1. The smallest absolute Gasteiger partial charge is 0.337 e. The molecule has 0 saturated carbocycles. The first kappa shape index (κ1) is 18.1. The second-order valence-corrected chi connectivity index (χ2v) is 5.70. The van der Waals surface area contributed by atoms with Gasteiger partial charge in [0.1, 0.15) is 5.82 Å². The van der Waals surface area contributed by atoms with Gasteiger partial charge in [0.2, 0.25) is 0 Å². The molecular weight excluding hydrogens is 340 g/mol. The highest BCUT2D eigenvalue weighted by atomic mass is 16.5. The summed E-state index contributed by atoms with van der Waals surface area (Å²) in [5, 5.41) is 3.16. The molecule has 0 bridgehead atoms. The third-order valence-corrected chi connectivity index (χ3v) is 3.87. The number of benzene rings is 2. The first-order chi connectivity index (χ1) is 13.2. The standard InChI is InChI=1S/C22H18N2O3/c1-27-22(26)17-12-9-16(10-13-17)11-14-20(25)19-8-5-15-23-21(19)24-18-6-3-2-4-7-18/h2-15H,1H3,(H,23,24). The predicted molar refractivity (Wildman–Crippen MR) is 105 cm³/mol. The van der Waals surface area contributed by atoms with Gasteiger partial charge < -0.3 is 10.1 Å². The lowest BCUT2D eigenvalue weighted by Gasteiger charge is -2.08. The molecular formula is C22H18N2O3. The molecule has 1 heterocycles. The topological polar surface area (TPSA) is 68.3 Å². The van der Waals surface area contributed by atoms with Crippen molar-refractivity contribution in [1.82, 2.24) is 4.98 Å². The van der Waals surface area contributed by atoms with Gasteiger partial charge in [-0.15, -0.1) is 0 Å². The first-order valence-corrected chi connectivity index (χ1v) is 8.35. The van der Waals surface area contributed by atoms with Gasteiger partial charge in [-0.3, -0.25) is 4.79 Å². The molecule has 0 atom stereocenters. The minimum absolute atomic E-state index is 0.168. The molecule has 5 heteroatoms. The molecule has 3 aromatic rings. The van der Waals surface area contributed by atoms with Gasteiger partial charge in [0.15, 0.2) is 5.78 Å². The van der Waals surface area contributed by atoms with Crippen molar-refractivity contribution in [2.75, 3.05) is 12.4 Å². The van der Waals surface area contributed by atoms with Crippen LogP contribution in [0.15, 0.2) is 79.0 Å². The van der Waals surface area contributed by atoms with Crippen LogP contribution in [0.1, 0.15) is 26.3 Å². The van der Waals surface area contributed by atoms with Gasteiger partial charge >= 0.3 is 5.97 Å². The van der Waals surface area contributed by atoms with Crippen LogP contribution in [-0.4, -0.2) is 23.8 Å². The number of carbonyl (C=O) groups excluding carboxylic acids is 2. The molecule has 1 N–H and O–H groups in total. The van der Waals surface area contributed by atoms with Crippen molar-refractivity contribution in [3.63, 3.8) is 0 Å². The average Bonchev–Trinajstić information content (AvgIpc) is 2.73. The van der Waals surface area contributed by atoms with E-state index in [9.17, 15) is 9.59 Å². The van der Waals surface area contributed by atoms with Crippen LogP contribution in [-0.2, 0) is 4.74 Å². The zero-order valence-corrected chi connectivity index (χ0v) is 14.8. The molecule has 1 aromatic heterocycles. The molecule has 0 radical (unpaired) electrons. The lowest BCUT2D eigenvalue weighted by atomic mass is 10.1. The second-order valence-electron chi connectivity index (χ2n) is 5.70. The largest absolute Gasteiger partial charge is 0.465 e. The van der Waals surface area contributed by atoms with Gasteiger partial charge in [0.25, 0.3) is 0 Å². The van der Waals surface area contributed by atoms with Crippen molar-refractivity contribution in [2.45, 2.75) is 0 Å². The maximum Gasteiger partial charge on any atom is 0.337 e. The monoisotopic (exact) mass is 358 g/mol. The fourth-order valence-corrected chi connectivity index (χ4v) is 2.47. The fraction of sp³-hybridized carbons (Fsp3) is 0.0455. The average molecular weight is 358 g/mol. The molecule has 0 aliphatic carbocycles. The maximum atomic E-state index is 12.6. The molecule has 134 valence electrons. The number of rotatable bonds is 6. The highest BCUT2D eigenvalue weighted by Crippen LogP contribution is 2.19. The van der Waals surface area contributed by atoms with Crippen LogP contribution in [0.5, 0.6) is 0 Å². The number of ketones is 1. The summed E-state index contributed by atoms with van der Waals surface area (Å²) in [6, 6.07) is 19.8. The Hall–Kier alpha value is -3.73. The zero-order valence-electron chi connectivity index (χ0n) is 14.8. The molecule has 3 rings (SSSR count). The number of methoxy groups -OCH3 is 1. The third kappa shape index (κ3) is 4.67. The van der Waals surface area contributed by atoms with Crippen LogP contribution >= 0.6 is 0 Å². The van der Waals surface area contributed by atoms with Gasteiger partial charge in [-0.05, 0) is 48.0 Å². The summed E-state index contributed by atoms with van der Waals surface area (Å²) in [6.45, 7) is 0. The number of hydrogen-bond acceptors (Lipinski definition) is 5. The Morgan fingerprint density at radius 1 is 0.963 bits per heavy atom. The number of hydrogen-bond donors (Lipinski definition) is 1. The van der Waals surface area contributed by atoms with Gasteiger partial charge in [-0.1, -0.05) is 36.4 Å². The Bertz CT molecular complexity index is 964. The van der Waals surface area contributed by atoms with Gasteiger partial charge in [0, 0.05) is 11.9 Å². The molecule has 0 fully saturated rings. The number of para-hydroxylation sites is 1. The Morgan fingerprint density at radius 2 is 1.70 bits per heavy atom. The summed E-state index contributed by atoms with van der Waals surface area (Å²) in [6.07, 6.45) is 4.82. The Balaban J connectivity index is 1.76. The molecule has 0 saturated heterocycles. The van der Waals surface area contributed by atoms with E-state index in [0.717, 1.165) is 11.3 Å². The van der Waals surface area contributed by atoms with Crippen LogP contribution in [0.4, 0.5) is 11.5 Å². The Labute approximate surface area is 157 Å². The van der Waals surface area contributed by atoms with Gasteiger partial charge in [-0.2, -0.15) is 0 Å². The van der Waals surface area contributed by atoms with Crippen molar-refractivity contribution in [3.8, 4) is 0 Å². The SMILES string of the molecule is COC(=O)c1ccc(C=CC(=O)c2cccnc2Nc2ccccc2)cc1. The molecule has 0 amide bonds. The van der Waals surface area contributed by atoms with Crippen LogP contribution < -0.4 is 5.32 Å². The summed E-state index contributed by atoms with van der Waals surface area (Å²) in [7, 11) is 1.34. The van der Waals surface area contributed by atoms with E-state index in [1.807, 2.05) is 30.3 Å². The molecule has 2 aromatic carbocycles. The van der Waals surface area contributed by atoms with E-state index in [2.05, 4.69) is 15.0 Å². The summed E-state index contributed by atoms with van der Waals surface area (Å²) in [5.41, 5.74) is 2.59. The van der Waals surface area contributed by atoms with Crippen molar-refractivity contribution in [1.29, 1.82) is 0 Å². The molecule has 5 nitrogen and oxygen atoms in total. The van der Waals surface area contributed by atoms with Crippen LogP contribution in [0.25, 0.3) is 6.08 Å². The van der Waals surface area contributed by atoms with E-state index < -0.39 is 5.97 Å². The second kappa shape index (κ2) is 8.58. The number of anilines is 2. The van der Waals surface area contributed by atoms with E-state index in [1.54, 1.807) is 48.7 Å². The van der Waals surface area contributed by atoms with Crippen LogP contribution in [0.2, 0.25) is 0 Å². The number of pyridine rings is 1. The number of ether oxygens (including phenoxy) is 1. The summed E-state index contributed by atoms with van der Waals surface area (Å²) < 4.78 is 4.67. The minimum Gasteiger partial charge on any atom is -0.465 e. The number of carbonyl (C=O) groups is 2. The summed E-state index contributed by atoms with van der Waals surface area (Å²) in [5.74, 6) is -0.0634. The number of esters is 1. The van der Waals surface area contributed by atoms with Crippen molar-refractivity contribution in [3.05, 3.63) is 95.7 Å². The summed E-state index contributed by atoms with van der Waals surface area (Å²) in [4.78, 5) is 28.3. The van der Waals surface area contributed by atoms with Gasteiger partial charge in [-0.25, -0.2) is 9.78 Å². The first-order valence-electron chi connectivity index (χ1n) is 8.35. The predicted octanol–water partition coefficient (Wildman–Crippen LogP) is 4.51. The van der Waals surface area contributed by atoms with Crippen LogP contribution in [0.3, 0.4) is 0 Å².